The van der Waals surface area contributed by atoms with Crippen molar-refractivity contribution in [1.29, 1.82) is 0 Å². The van der Waals surface area contributed by atoms with Crippen LogP contribution >= 0.6 is 11.6 Å². The minimum atomic E-state index is -1.19. The second kappa shape index (κ2) is 9.43. The molecule has 0 radical (unpaired) electrons. The summed E-state index contributed by atoms with van der Waals surface area (Å²) in [6.07, 6.45) is 2.45. The zero-order chi connectivity index (χ0) is 21.7. The first kappa shape index (κ1) is 21.4. The van der Waals surface area contributed by atoms with E-state index in [2.05, 4.69) is 0 Å². The molecule has 30 heavy (non-hydrogen) atoms. The Morgan fingerprint density at radius 1 is 1.07 bits per heavy atom. The lowest BCUT2D eigenvalue weighted by Gasteiger charge is -2.12. The molecule has 0 fully saturated rings. The van der Waals surface area contributed by atoms with Gasteiger partial charge in [0.05, 0.1) is 11.1 Å². The Balaban J connectivity index is 1.86. The number of esters is 1. The molecule has 0 heterocycles. The van der Waals surface area contributed by atoms with Gasteiger partial charge in [0.1, 0.15) is 11.6 Å². The molecule has 0 aliphatic heterocycles. The predicted molar refractivity (Wildman–Crippen MR) is 108 cm³/mol. The summed E-state index contributed by atoms with van der Waals surface area (Å²) in [7, 11) is 0. The maximum atomic E-state index is 13.7. The van der Waals surface area contributed by atoms with E-state index < -0.39 is 22.8 Å². The third kappa shape index (κ3) is 5.16. The molecule has 3 aromatic rings. The van der Waals surface area contributed by atoms with Gasteiger partial charge >= 0.3 is 5.97 Å². The van der Waals surface area contributed by atoms with E-state index in [4.69, 9.17) is 21.5 Å². The highest BCUT2D eigenvalue weighted by molar-refractivity contribution is 6.31. The van der Waals surface area contributed by atoms with Gasteiger partial charge in [-0.1, -0.05) is 35.9 Å². The normalized spacial score (nSPS) is 12.0. The Labute approximate surface area is 175 Å². The van der Waals surface area contributed by atoms with Crippen LogP contribution in [0.1, 0.15) is 26.3 Å². The number of carbonyl (C=O) groups excluding carboxylic acids is 2. The zero-order valence-corrected chi connectivity index (χ0v) is 16.1. The molecule has 3 rings (SSSR count). The lowest BCUT2D eigenvalue weighted by atomic mass is 10.1. The van der Waals surface area contributed by atoms with E-state index in [0.29, 0.717) is 0 Å². The third-order valence-corrected chi connectivity index (χ3v) is 4.31. The van der Waals surface area contributed by atoms with Crippen molar-refractivity contribution in [2.75, 3.05) is 0 Å². The zero-order valence-electron chi connectivity index (χ0n) is 15.3. The average molecular weight is 428 g/mol. The van der Waals surface area contributed by atoms with Gasteiger partial charge in [0.25, 0.3) is 0 Å². The number of hydrogen-bond donors (Lipinski definition) is 2. The van der Waals surface area contributed by atoms with Crippen LogP contribution in [0.5, 0.6) is 5.75 Å². The number of ketones is 1. The van der Waals surface area contributed by atoms with Gasteiger partial charge in [-0.3, -0.25) is 4.79 Å². The summed E-state index contributed by atoms with van der Waals surface area (Å²) >= 11 is 5.97. The van der Waals surface area contributed by atoms with Crippen LogP contribution in [0.3, 0.4) is 0 Å². The highest BCUT2D eigenvalue weighted by Crippen LogP contribution is 2.25. The van der Waals surface area contributed by atoms with Crippen molar-refractivity contribution in [3.05, 3.63) is 106 Å². The molecule has 3 aromatic carbocycles. The number of allylic oxidation sites excluding steroid dienone is 1. The molecule has 152 valence electrons. The van der Waals surface area contributed by atoms with Crippen LogP contribution in [0.15, 0.2) is 72.8 Å². The number of nitrogens with one attached hydrogen (secondary N) is 1. The van der Waals surface area contributed by atoms with Crippen LogP contribution in [0.2, 0.25) is 5.02 Å². The number of benzene rings is 3. The summed E-state index contributed by atoms with van der Waals surface area (Å²) in [6, 6.07) is 15.4. The molecular weight excluding hydrogens is 413 g/mol. The Hall–Kier alpha value is -3.36. The first-order valence-electron chi connectivity index (χ1n) is 8.67. The fourth-order valence-corrected chi connectivity index (χ4v) is 2.76. The van der Waals surface area contributed by atoms with E-state index in [9.17, 15) is 19.2 Å². The number of ether oxygens (including phenoxy) is 1. The van der Waals surface area contributed by atoms with Crippen molar-refractivity contribution in [3.8, 4) is 5.75 Å². The summed E-state index contributed by atoms with van der Waals surface area (Å²) in [5.41, 5.74) is 0.143. The monoisotopic (exact) mass is 427 g/mol. The van der Waals surface area contributed by atoms with E-state index in [1.54, 1.807) is 6.07 Å². The van der Waals surface area contributed by atoms with Crippen LogP contribution in [-0.4, -0.2) is 17.0 Å². The molecule has 0 aliphatic rings. The fourth-order valence-electron chi connectivity index (χ4n) is 2.59. The molecule has 1 unspecified atom stereocenters. The molecule has 0 aliphatic carbocycles. The van der Waals surface area contributed by atoms with Gasteiger partial charge in [-0.15, -0.1) is 0 Å². The minimum Gasteiger partial charge on any atom is -0.595 e. The third-order valence-electron chi connectivity index (χ3n) is 4.07. The highest BCUT2D eigenvalue weighted by Gasteiger charge is 2.17. The highest BCUT2D eigenvalue weighted by atomic mass is 35.5. The molecule has 0 spiro atoms. The molecule has 8 heteroatoms. The maximum absolute atomic E-state index is 13.7. The summed E-state index contributed by atoms with van der Waals surface area (Å²) in [4.78, 5) is 25.1. The van der Waals surface area contributed by atoms with Gasteiger partial charge in [-0.05, 0) is 42.5 Å². The van der Waals surface area contributed by atoms with Crippen LogP contribution in [0, 0.1) is 11.0 Å². The number of carbonyl (C=O) groups is 2. The average Bonchev–Trinajstić information content (AvgIpc) is 2.74. The largest absolute Gasteiger partial charge is 0.595 e. The second-order valence-electron chi connectivity index (χ2n) is 6.14. The number of quaternary nitrogens is 1. The molecular formula is C22H15ClFNO5. The molecule has 0 amide bonds. The van der Waals surface area contributed by atoms with Gasteiger partial charge in [0, 0.05) is 22.7 Å². The quantitative estimate of drug-likeness (QED) is 0.204. The lowest BCUT2D eigenvalue weighted by molar-refractivity contribution is -0.991. The van der Waals surface area contributed by atoms with Gasteiger partial charge in [-0.2, -0.15) is 5.23 Å². The standard InChI is InChI=1S/C22H15ClFNO5/c23-16-9-11-21(30-22(27)15-5-3-6-17(12-15)25(28)29)18(13-16)20(26)10-8-14-4-1-2-7-19(14)24/h1-13,25,28H. The SMILES string of the molecule is O=C(Oc1ccc(Cl)cc1C(=O)C=Cc1ccccc1F)c1cccc([NH+]([O-])O)c1. The number of hydrogen-bond acceptors (Lipinski definition) is 5. The molecule has 0 saturated carbocycles. The van der Waals surface area contributed by atoms with Crippen molar-refractivity contribution >= 4 is 35.1 Å². The summed E-state index contributed by atoms with van der Waals surface area (Å²) in [6.45, 7) is 0. The molecule has 0 saturated heterocycles. The first-order valence-corrected chi connectivity index (χ1v) is 9.05. The topological polar surface area (TPSA) is 91.1 Å². The van der Waals surface area contributed by atoms with E-state index in [1.165, 1.54) is 66.7 Å². The minimum absolute atomic E-state index is 0.00201. The Morgan fingerprint density at radius 3 is 2.57 bits per heavy atom. The van der Waals surface area contributed by atoms with E-state index >= 15 is 0 Å². The summed E-state index contributed by atoms with van der Waals surface area (Å²) < 4.78 is 19.0. The lowest BCUT2D eigenvalue weighted by Crippen LogP contribution is -2.99. The van der Waals surface area contributed by atoms with Crippen molar-refractivity contribution in [2.45, 2.75) is 0 Å². The molecule has 0 aromatic heterocycles. The fraction of sp³-hybridized carbons (Fsp3) is 0. The summed E-state index contributed by atoms with van der Waals surface area (Å²) in [5, 5.41) is 19.2. The van der Waals surface area contributed by atoms with Crippen molar-refractivity contribution in [3.63, 3.8) is 0 Å². The van der Waals surface area contributed by atoms with Crippen LogP contribution < -0.4 is 9.96 Å². The first-order chi connectivity index (χ1) is 14.3. The van der Waals surface area contributed by atoms with Crippen molar-refractivity contribution < 1.29 is 29.2 Å². The van der Waals surface area contributed by atoms with Gasteiger partial charge < -0.3 is 9.94 Å². The summed E-state index contributed by atoms with van der Waals surface area (Å²) in [5.74, 6) is -1.94. The van der Waals surface area contributed by atoms with Crippen LogP contribution in [0.4, 0.5) is 10.1 Å². The maximum Gasteiger partial charge on any atom is 0.343 e. The molecule has 0 bridgehead atoms. The van der Waals surface area contributed by atoms with Gasteiger partial charge in [0.2, 0.25) is 0 Å². The van der Waals surface area contributed by atoms with Crippen LogP contribution in [0.25, 0.3) is 6.08 Å². The molecule has 6 nitrogen and oxygen atoms in total. The molecule has 2 N–H and O–H groups in total. The van der Waals surface area contributed by atoms with E-state index in [1.807, 2.05) is 0 Å². The predicted octanol–water partition coefficient (Wildman–Crippen LogP) is 4.00. The molecule has 1 atom stereocenters. The Morgan fingerprint density at radius 2 is 1.83 bits per heavy atom. The van der Waals surface area contributed by atoms with Crippen molar-refractivity contribution in [1.82, 2.24) is 0 Å². The van der Waals surface area contributed by atoms with Gasteiger partial charge in [0.15, 0.2) is 11.5 Å². The Bertz CT molecular complexity index is 1130. The van der Waals surface area contributed by atoms with E-state index in [0.717, 1.165) is 6.08 Å². The number of rotatable bonds is 6. The van der Waals surface area contributed by atoms with E-state index in [-0.39, 0.29) is 33.1 Å². The second-order valence-corrected chi connectivity index (χ2v) is 6.57. The van der Waals surface area contributed by atoms with Gasteiger partial charge in [-0.25, -0.2) is 14.4 Å². The van der Waals surface area contributed by atoms with Crippen molar-refractivity contribution in [2.24, 2.45) is 0 Å². The smallest absolute Gasteiger partial charge is 0.343 e. The Kier molecular flexibility index (Phi) is 6.71. The number of halogens is 2. The van der Waals surface area contributed by atoms with Crippen LogP contribution in [-0.2, 0) is 0 Å².